The lowest BCUT2D eigenvalue weighted by Gasteiger charge is -2.35. The molecule has 17 heavy (non-hydrogen) atoms. The van der Waals surface area contributed by atoms with Crippen molar-refractivity contribution in [3.63, 3.8) is 0 Å². The molecule has 1 aliphatic rings. The first-order valence-corrected chi connectivity index (χ1v) is 6.46. The van der Waals surface area contributed by atoms with E-state index in [0.29, 0.717) is 11.8 Å². The van der Waals surface area contributed by atoms with Crippen molar-refractivity contribution in [3.05, 3.63) is 29.3 Å². The summed E-state index contributed by atoms with van der Waals surface area (Å²) in [6.45, 7) is 8.41. The second kappa shape index (κ2) is 5.52. The molecule has 0 unspecified atom stereocenters. The van der Waals surface area contributed by atoms with Gasteiger partial charge in [-0.25, -0.2) is 0 Å². The van der Waals surface area contributed by atoms with E-state index in [0.717, 1.165) is 43.7 Å². The lowest BCUT2D eigenvalue weighted by atomic mass is 9.99. The number of aryl methyl sites for hydroxylation is 1. The zero-order chi connectivity index (χ0) is 12.3. The molecule has 0 bridgehead atoms. The second-order valence-corrected chi connectivity index (χ2v) is 4.77. The van der Waals surface area contributed by atoms with Crippen LogP contribution in [0.3, 0.4) is 0 Å². The van der Waals surface area contributed by atoms with E-state index in [1.807, 2.05) is 13.0 Å². The Bertz CT molecular complexity index is 372. The van der Waals surface area contributed by atoms with E-state index in [1.165, 1.54) is 0 Å². The number of phenols is 1. The zero-order valence-corrected chi connectivity index (χ0v) is 10.7. The average molecular weight is 234 g/mol. The Labute approximate surface area is 103 Å². The molecule has 94 valence electrons. The van der Waals surface area contributed by atoms with E-state index in [4.69, 9.17) is 0 Å². The van der Waals surface area contributed by atoms with Crippen molar-refractivity contribution < 1.29 is 5.11 Å². The number of phenolic OH excluding ortho intramolecular Hbond substituents is 1. The maximum atomic E-state index is 10.1. The highest BCUT2D eigenvalue weighted by Crippen LogP contribution is 2.31. The van der Waals surface area contributed by atoms with Gasteiger partial charge < -0.3 is 10.4 Å². The van der Waals surface area contributed by atoms with Crippen molar-refractivity contribution in [1.29, 1.82) is 0 Å². The van der Waals surface area contributed by atoms with Gasteiger partial charge in [0.1, 0.15) is 5.75 Å². The van der Waals surface area contributed by atoms with Crippen LogP contribution < -0.4 is 5.32 Å². The van der Waals surface area contributed by atoms with E-state index in [-0.39, 0.29) is 0 Å². The van der Waals surface area contributed by atoms with Crippen molar-refractivity contribution >= 4 is 0 Å². The first-order valence-electron chi connectivity index (χ1n) is 6.46. The summed E-state index contributed by atoms with van der Waals surface area (Å²) < 4.78 is 0. The van der Waals surface area contributed by atoms with Crippen molar-refractivity contribution in [2.75, 3.05) is 26.2 Å². The van der Waals surface area contributed by atoms with Gasteiger partial charge in [-0.1, -0.05) is 19.1 Å². The smallest absolute Gasteiger partial charge is 0.120 e. The number of nitrogens with one attached hydrogen (secondary N) is 1. The predicted octanol–water partition coefficient (Wildman–Crippen LogP) is 2.06. The van der Waals surface area contributed by atoms with Gasteiger partial charge in [0, 0.05) is 37.8 Å². The molecule has 1 aromatic rings. The van der Waals surface area contributed by atoms with Crippen molar-refractivity contribution in [2.24, 2.45) is 0 Å². The van der Waals surface area contributed by atoms with Crippen LogP contribution in [-0.4, -0.2) is 36.2 Å². The summed E-state index contributed by atoms with van der Waals surface area (Å²) in [6.07, 6.45) is 1.04. The Kier molecular flexibility index (Phi) is 4.02. The van der Waals surface area contributed by atoms with Crippen LogP contribution in [0.4, 0.5) is 0 Å². The van der Waals surface area contributed by atoms with E-state index in [9.17, 15) is 5.11 Å². The van der Waals surface area contributed by atoms with Gasteiger partial charge in [0.15, 0.2) is 0 Å². The van der Waals surface area contributed by atoms with Gasteiger partial charge in [-0.2, -0.15) is 0 Å². The van der Waals surface area contributed by atoms with Crippen LogP contribution >= 0.6 is 0 Å². The predicted molar refractivity (Wildman–Crippen MR) is 70.3 cm³/mol. The van der Waals surface area contributed by atoms with Gasteiger partial charge in [0.25, 0.3) is 0 Å². The van der Waals surface area contributed by atoms with Gasteiger partial charge in [0.2, 0.25) is 0 Å². The van der Waals surface area contributed by atoms with Crippen LogP contribution in [0.5, 0.6) is 5.75 Å². The number of hydrogen-bond donors (Lipinski definition) is 2. The molecule has 0 aliphatic carbocycles. The average Bonchev–Trinajstić information content (AvgIpc) is 2.34. The third-order valence-corrected chi connectivity index (χ3v) is 3.52. The molecule has 0 radical (unpaired) electrons. The Balaban J connectivity index is 2.21. The van der Waals surface area contributed by atoms with Gasteiger partial charge in [-0.05, 0) is 25.0 Å². The second-order valence-electron chi connectivity index (χ2n) is 4.77. The quantitative estimate of drug-likeness (QED) is 0.840. The number of nitrogens with zero attached hydrogens (tertiary/aromatic N) is 1. The highest BCUT2D eigenvalue weighted by molar-refractivity contribution is 5.38. The topological polar surface area (TPSA) is 35.5 Å². The van der Waals surface area contributed by atoms with Gasteiger partial charge in [-0.15, -0.1) is 0 Å². The van der Waals surface area contributed by atoms with Crippen LogP contribution in [0.1, 0.15) is 30.5 Å². The zero-order valence-electron chi connectivity index (χ0n) is 10.7. The van der Waals surface area contributed by atoms with Crippen molar-refractivity contribution in [2.45, 2.75) is 26.3 Å². The molecule has 2 rings (SSSR count). The Morgan fingerprint density at radius 3 is 2.65 bits per heavy atom. The molecule has 3 nitrogen and oxygen atoms in total. The molecule has 1 aliphatic heterocycles. The largest absolute Gasteiger partial charge is 0.508 e. The summed E-state index contributed by atoms with van der Waals surface area (Å²) in [5.74, 6) is 0.440. The molecule has 1 saturated heterocycles. The van der Waals surface area contributed by atoms with Crippen LogP contribution in [0.15, 0.2) is 18.2 Å². The number of aromatic hydroxyl groups is 1. The first-order chi connectivity index (χ1) is 8.22. The van der Waals surface area contributed by atoms with E-state index in [1.54, 1.807) is 0 Å². The molecule has 0 aromatic heterocycles. The summed E-state index contributed by atoms with van der Waals surface area (Å²) in [6, 6.07) is 6.36. The first kappa shape index (κ1) is 12.4. The SMILES string of the molecule is CC[C@H](c1ccc(C)cc1O)N1CCNCC1. The number of piperazine rings is 1. The van der Waals surface area contributed by atoms with Gasteiger partial charge in [-0.3, -0.25) is 4.90 Å². The molecule has 0 amide bonds. The van der Waals surface area contributed by atoms with Crippen LogP contribution in [0.2, 0.25) is 0 Å². The number of rotatable bonds is 3. The van der Waals surface area contributed by atoms with Gasteiger partial charge >= 0.3 is 0 Å². The summed E-state index contributed by atoms with van der Waals surface area (Å²) >= 11 is 0. The fraction of sp³-hybridized carbons (Fsp3) is 0.571. The molecule has 0 spiro atoms. The third kappa shape index (κ3) is 2.79. The fourth-order valence-corrected chi connectivity index (χ4v) is 2.60. The van der Waals surface area contributed by atoms with E-state index >= 15 is 0 Å². The third-order valence-electron chi connectivity index (χ3n) is 3.52. The Morgan fingerprint density at radius 2 is 2.06 bits per heavy atom. The van der Waals surface area contributed by atoms with Crippen molar-refractivity contribution in [3.8, 4) is 5.75 Å². The lowest BCUT2D eigenvalue weighted by Crippen LogP contribution is -2.45. The number of benzene rings is 1. The fourth-order valence-electron chi connectivity index (χ4n) is 2.60. The minimum absolute atomic E-state index is 0.345. The van der Waals surface area contributed by atoms with E-state index in [2.05, 4.69) is 29.3 Å². The molecule has 1 atom stereocenters. The summed E-state index contributed by atoms with van der Waals surface area (Å²) in [4.78, 5) is 2.46. The summed E-state index contributed by atoms with van der Waals surface area (Å²) in [5.41, 5.74) is 2.18. The molecule has 3 heteroatoms. The molecule has 0 saturated carbocycles. The maximum Gasteiger partial charge on any atom is 0.120 e. The summed E-state index contributed by atoms with van der Waals surface area (Å²) in [7, 11) is 0. The Morgan fingerprint density at radius 1 is 1.35 bits per heavy atom. The number of hydrogen-bond acceptors (Lipinski definition) is 3. The Hall–Kier alpha value is -1.06. The standard InChI is InChI=1S/C14H22N2O/c1-3-13(16-8-6-15-7-9-16)12-5-4-11(2)10-14(12)17/h4-5,10,13,15,17H,3,6-9H2,1-2H3/t13-/m1/s1. The van der Waals surface area contributed by atoms with Crippen molar-refractivity contribution in [1.82, 2.24) is 10.2 Å². The molecule has 2 N–H and O–H groups in total. The highest BCUT2D eigenvalue weighted by Gasteiger charge is 2.22. The molecule has 1 aromatic carbocycles. The molecule has 1 fully saturated rings. The minimum atomic E-state index is 0.345. The van der Waals surface area contributed by atoms with Crippen LogP contribution in [0.25, 0.3) is 0 Å². The highest BCUT2D eigenvalue weighted by atomic mass is 16.3. The minimum Gasteiger partial charge on any atom is -0.508 e. The maximum absolute atomic E-state index is 10.1. The molecular formula is C14H22N2O. The molecule has 1 heterocycles. The monoisotopic (exact) mass is 234 g/mol. The molecular weight excluding hydrogens is 212 g/mol. The van der Waals surface area contributed by atoms with Gasteiger partial charge in [0.05, 0.1) is 0 Å². The normalized spacial score (nSPS) is 19.2. The summed E-state index contributed by atoms with van der Waals surface area (Å²) in [5, 5.41) is 13.4. The lowest BCUT2D eigenvalue weighted by molar-refractivity contribution is 0.167. The van der Waals surface area contributed by atoms with Crippen LogP contribution in [-0.2, 0) is 0 Å². The van der Waals surface area contributed by atoms with E-state index < -0.39 is 0 Å². The van der Waals surface area contributed by atoms with Crippen LogP contribution in [0, 0.1) is 6.92 Å².